The monoisotopic (exact) mass is 442 g/mol. The first kappa shape index (κ1) is 21.3. The largest absolute Gasteiger partial charge is 0.418 e. The van der Waals surface area contributed by atoms with Crippen LogP contribution in [0.15, 0.2) is 71.8 Å². The second-order valence-electron chi connectivity index (χ2n) is 6.97. The molecule has 0 saturated heterocycles. The number of aliphatic hydroxyl groups excluding tert-OH is 1. The molecule has 7 nitrogen and oxygen atoms in total. The predicted octanol–water partition coefficient (Wildman–Crippen LogP) is 3.31. The summed E-state index contributed by atoms with van der Waals surface area (Å²) in [5.41, 5.74) is -0.492. The Morgan fingerprint density at radius 3 is 2.41 bits per heavy atom. The van der Waals surface area contributed by atoms with Crippen LogP contribution < -0.4 is 10.9 Å². The van der Waals surface area contributed by atoms with Crippen LogP contribution in [0.2, 0.25) is 0 Å². The first-order valence-electron chi connectivity index (χ1n) is 9.52. The summed E-state index contributed by atoms with van der Waals surface area (Å²) in [7, 11) is 0. The molecule has 2 aromatic carbocycles. The number of aromatic nitrogens is 3. The Kier molecular flexibility index (Phi) is 5.54. The average molecular weight is 442 g/mol. The Bertz CT molecular complexity index is 1340. The van der Waals surface area contributed by atoms with Crippen molar-refractivity contribution in [1.82, 2.24) is 14.2 Å². The van der Waals surface area contributed by atoms with Gasteiger partial charge in [0, 0.05) is 23.5 Å². The molecule has 0 atom stereocenters. The van der Waals surface area contributed by atoms with E-state index < -0.39 is 42.0 Å². The van der Waals surface area contributed by atoms with Gasteiger partial charge in [0.15, 0.2) is 0 Å². The van der Waals surface area contributed by atoms with Gasteiger partial charge in [-0.3, -0.25) is 9.59 Å². The average Bonchev–Trinajstić information content (AvgIpc) is 3.15. The van der Waals surface area contributed by atoms with Gasteiger partial charge >= 0.3 is 6.18 Å². The highest BCUT2D eigenvalue weighted by atomic mass is 19.4. The van der Waals surface area contributed by atoms with Gasteiger partial charge in [0.05, 0.1) is 23.6 Å². The molecule has 0 radical (unpaired) electrons. The Labute approximate surface area is 179 Å². The van der Waals surface area contributed by atoms with Crippen molar-refractivity contribution in [2.45, 2.75) is 19.3 Å². The third-order valence-electron chi connectivity index (χ3n) is 4.89. The van der Waals surface area contributed by atoms with Gasteiger partial charge in [0.1, 0.15) is 12.1 Å². The zero-order chi connectivity index (χ0) is 22.9. The lowest BCUT2D eigenvalue weighted by atomic mass is 10.1. The highest BCUT2D eigenvalue weighted by Crippen LogP contribution is 2.34. The normalized spacial score (nSPS) is 11.6. The quantitative estimate of drug-likeness (QED) is 0.496. The highest BCUT2D eigenvalue weighted by Gasteiger charge is 2.33. The summed E-state index contributed by atoms with van der Waals surface area (Å²) in [6, 6.07) is 13.6. The van der Waals surface area contributed by atoms with Crippen LogP contribution in [-0.4, -0.2) is 25.2 Å². The van der Waals surface area contributed by atoms with Crippen molar-refractivity contribution in [2.75, 3.05) is 5.32 Å². The van der Waals surface area contributed by atoms with Gasteiger partial charge in [0.2, 0.25) is 5.91 Å². The Morgan fingerprint density at radius 1 is 1.03 bits per heavy atom. The lowest BCUT2D eigenvalue weighted by molar-refractivity contribution is -0.137. The maximum absolute atomic E-state index is 13.2. The summed E-state index contributed by atoms with van der Waals surface area (Å²) >= 11 is 0. The van der Waals surface area contributed by atoms with E-state index in [1.165, 1.54) is 29.0 Å². The zero-order valence-electron chi connectivity index (χ0n) is 16.5. The lowest BCUT2D eigenvalue weighted by Crippen LogP contribution is -2.29. The highest BCUT2D eigenvalue weighted by molar-refractivity contribution is 5.91. The van der Waals surface area contributed by atoms with Gasteiger partial charge in [-0.05, 0) is 12.1 Å². The van der Waals surface area contributed by atoms with E-state index in [1.54, 1.807) is 24.3 Å². The number of carbonyl (C=O) groups is 1. The van der Waals surface area contributed by atoms with Gasteiger partial charge in [-0.2, -0.15) is 18.3 Å². The lowest BCUT2D eigenvalue weighted by Gasteiger charge is -2.14. The molecule has 0 unspecified atom stereocenters. The van der Waals surface area contributed by atoms with Gasteiger partial charge in [-0.15, -0.1) is 0 Å². The van der Waals surface area contributed by atoms with Crippen molar-refractivity contribution < 1.29 is 23.1 Å². The van der Waals surface area contributed by atoms with Crippen molar-refractivity contribution in [3.05, 3.63) is 88.5 Å². The van der Waals surface area contributed by atoms with Crippen LogP contribution in [0.4, 0.5) is 18.9 Å². The number of alkyl halides is 3. The van der Waals surface area contributed by atoms with Crippen LogP contribution in [0.1, 0.15) is 11.1 Å². The standard InChI is InChI=1S/C22H17F3N4O3/c23-22(24,25)16-8-4-5-9-17(16)26-18(31)12-28-10-11-29-20(21(28)32)15(13-30)19(27-29)14-6-2-1-3-7-14/h1-11,30H,12-13H2,(H,26,31). The molecule has 1 amide bonds. The van der Waals surface area contributed by atoms with Crippen molar-refractivity contribution >= 4 is 17.1 Å². The fourth-order valence-corrected chi connectivity index (χ4v) is 3.44. The van der Waals surface area contributed by atoms with E-state index in [2.05, 4.69) is 10.4 Å². The number of fused-ring (bicyclic) bond motifs is 1. The second kappa shape index (κ2) is 8.31. The van der Waals surface area contributed by atoms with Gasteiger partial charge in [-0.1, -0.05) is 42.5 Å². The summed E-state index contributed by atoms with van der Waals surface area (Å²) in [6.07, 6.45) is -1.88. The van der Waals surface area contributed by atoms with Crippen LogP contribution in [0.25, 0.3) is 16.8 Å². The van der Waals surface area contributed by atoms with Crippen LogP contribution >= 0.6 is 0 Å². The molecule has 0 aliphatic heterocycles. The minimum atomic E-state index is -4.64. The number of para-hydroxylation sites is 1. The van der Waals surface area contributed by atoms with Gasteiger partial charge < -0.3 is 15.0 Å². The van der Waals surface area contributed by atoms with E-state index in [4.69, 9.17) is 0 Å². The molecule has 10 heteroatoms. The van der Waals surface area contributed by atoms with Crippen LogP contribution in [-0.2, 0) is 24.1 Å². The Balaban J connectivity index is 1.67. The maximum Gasteiger partial charge on any atom is 0.418 e. The number of benzene rings is 2. The van der Waals surface area contributed by atoms with E-state index in [0.29, 0.717) is 16.8 Å². The predicted molar refractivity (Wildman–Crippen MR) is 111 cm³/mol. The molecule has 4 aromatic rings. The number of hydrogen-bond donors (Lipinski definition) is 2. The molecular weight excluding hydrogens is 425 g/mol. The van der Waals surface area contributed by atoms with Crippen LogP contribution in [0.3, 0.4) is 0 Å². The van der Waals surface area contributed by atoms with Crippen LogP contribution in [0, 0.1) is 0 Å². The van der Waals surface area contributed by atoms with E-state index in [0.717, 1.165) is 16.7 Å². The molecule has 2 heterocycles. The molecule has 0 aliphatic carbocycles. The smallest absolute Gasteiger partial charge is 0.392 e. The van der Waals surface area contributed by atoms with Crippen molar-refractivity contribution in [3.8, 4) is 11.3 Å². The summed E-state index contributed by atoms with van der Waals surface area (Å²) in [6.45, 7) is -0.976. The number of anilines is 1. The molecule has 164 valence electrons. The minimum Gasteiger partial charge on any atom is -0.392 e. The third-order valence-corrected chi connectivity index (χ3v) is 4.89. The molecular formula is C22H17F3N4O3. The molecule has 2 N–H and O–H groups in total. The minimum absolute atomic E-state index is 0.0809. The summed E-state index contributed by atoms with van der Waals surface area (Å²) < 4.78 is 41.8. The molecule has 2 aromatic heterocycles. The molecule has 0 aliphatic rings. The van der Waals surface area contributed by atoms with Crippen molar-refractivity contribution in [1.29, 1.82) is 0 Å². The number of carbonyl (C=O) groups excluding carboxylic acids is 1. The van der Waals surface area contributed by atoms with E-state index in [-0.39, 0.29) is 5.52 Å². The SMILES string of the molecule is O=C(Cn1ccn2nc(-c3ccccc3)c(CO)c2c1=O)Nc1ccccc1C(F)(F)F. The van der Waals surface area contributed by atoms with Gasteiger partial charge in [0.25, 0.3) is 5.56 Å². The van der Waals surface area contributed by atoms with E-state index in [9.17, 15) is 27.9 Å². The molecule has 0 bridgehead atoms. The fraction of sp³-hybridized carbons (Fsp3) is 0.136. The number of rotatable bonds is 5. The second-order valence-corrected chi connectivity index (χ2v) is 6.97. The van der Waals surface area contributed by atoms with E-state index in [1.807, 2.05) is 6.07 Å². The topological polar surface area (TPSA) is 88.6 Å². The van der Waals surface area contributed by atoms with Gasteiger partial charge in [-0.25, -0.2) is 4.52 Å². The molecule has 32 heavy (non-hydrogen) atoms. The first-order chi connectivity index (χ1) is 15.3. The molecule has 4 rings (SSSR count). The Morgan fingerprint density at radius 2 is 1.72 bits per heavy atom. The maximum atomic E-state index is 13.2. The van der Waals surface area contributed by atoms with E-state index >= 15 is 0 Å². The molecule has 0 spiro atoms. The van der Waals surface area contributed by atoms with Crippen molar-refractivity contribution in [2.24, 2.45) is 0 Å². The molecule has 0 fully saturated rings. The summed E-state index contributed by atoms with van der Waals surface area (Å²) in [5.74, 6) is -0.804. The third kappa shape index (κ3) is 4.00. The van der Waals surface area contributed by atoms with Crippen LogP contribution in [0.5, 0.6) is 0 Å². The summed E-state index contributed by atoms with van der Waals surface area (Å²) in [5, 5.41) is 16.4. The first-order valence-corrected chi connectivity index (χ1v) is 9.52. The Hall–Kier alpha value is -3.92. The molecule has 0 saturated carbocycles. The summed E-state index contributed by atoms with van der Waals surface area (Å²) in [4.78, 5) is 25.4. The number of nitrogens with zero attached hydrogens (tertiary/aromatic N) is 3. The van der Waals surface area contributed by atoms with Crippen molar-refractivity contribution in [3.63, 3.8) is 0 Å². The number of nitrogens with one attached hydrogen (secondary N) is 1. The number of aliphatic hydroxyl groups is 1. The number of hydrogen-bond acceptors (Lipinski definition) is 4. The fourth-order valence-electron chi connectivity index (χ4n) is 3.44. The number of amides is 1. The zero-order valence-corrected chi connectivity index (χ0v) is 16.5. The number of halogens is 3.